The average Bonchev–Trinajstić information content (AvgIpc) is 1.39. The van der Waals surface area contributed by atoms with Crippen LogP contribution < -0.4 is 0 Å². The number of hydrogen-bond donors (Lipinski definition) is 0. The summed E-state index contributed by atoms with van der Waals surface area (Å²) in [6.07, 6.45) is 0. The molecule has 0 aliphatic carbocycles. The zero-order valence-electron chi connectivity index (χ0n) is 5.35. The van der Waals surface area contributed by atoms with Crippen molar-refractivity contribution in [1.82, 2.24) is 0 Å². The maximum atomic E-state index is 7.13. The molecule has 1 radical (unpaired) electrons. The van der Waals surface area contributed by atoms with Crippen LogP contribution in [0.3, 0.4) is 0 Å². The summed E-state index contributed by atoms with van der Waals surface area (Å²) in [6, 6.07) is 0. The molecule has 0 unspecified atom stereocenters. The first-order valence-electron chi connectivity index (χ1n) is 0.855. The minimum atomic E-state index is 0. The van der Waals surface area contributed by atoms with Crippen molar-refractivity contribution in [1.29, 1.82) is 10.5 Å². The smallest absolute Gasteiger partial charge is 0 e. The van der Waals surface area contributed by atoms with E-state index in [0.29, 0.717) is 0 Å². The number of hydrogen-bond acceptors (Lipinski definition) is 4. The Kier molecular flexibility index (Phi) is 1580. The molecule has 0 heterocycles. The molecular weight excluding hydrogens is 231 g/mol. The Morgan fingerprint density at radius 1 is 0.727 bits per heavy atom. The Morgan fingerprint density at radius 3 is 0.727 bits per heavy atom. The van der Waals surface area contributed by atoms with Crippen molar-refractivity contribution >= 4 is 25.3 Å². The Hall–Kier alpha value is -0.234. The van der Waals surface area contributed by atoms with Gasteiger partial charge < -0.3 is 49.9 Å². The van der Waals surface area contributed by atoms with Gasteiger partial charge in [0.1, 0.15) is 0 Å². The molecule has 0 fully saturated rings. The van der Waals surface area contributed by atoms with Gasteiger partial charge in [-0.2, -0.15) is 0 Å². The van der Waals surface area contributed by atoms with E-state index >= 15 is 0 Å². The first-order chi connectivity index (χ1) is 2.83. The van der Waals surface area contributed by atoms with Crippen LogP contribution in [-0.2, 0) is 42.0 Å². The summed E-state index contributed by atoms with van der Waals surface area (Å²) in [4.78, 5) is 0. The molecule has 0 saturated heterocycles. The van der Waals surface area contributed by atoms with Gasteiger partial charge in [-0.15, -0.1) is 0 Å². The number of nitrogens with zero attached hydrogens (tertiary/aromatic N) is 2. The summed E-state index contributed by atoms with van der Waals surface area (Å²) < 4.78 is 0. The van der Waals surface area contributed by atoms with Gasteiger partial charge in [0.05, 0.1) is 0 Å². The molecule has 0 aromatic carbocycles. The van der Waals surface area contributed by atoms with Crippen molar-refractivity contribution < 1.29 is 16.8 Å². The monoisotopic (exact) mass is 239 g/mol. The van der Waals surface area contributed by atoms with E-state index in [1.54, 1.807) is 0 Å². The number of thiocyanates is 2. The first kappa shape index (κ1) is 72.4. The number of nitrogens with two attached hydrogens (primary N) is 4. The SMILES string of the molecule is N#C[S-].N#C[S-].[Co].[NH2-].[NH2-].[NH2-].[NH2-]. The Labute approximate surface area is 88.1 Å². The molecule has 0 spiro atoms. The number of rotatable bonds is 0. The summed E-state index contributed by atoms with van der Waals surface area (Å²) in [5.41, 5.74) is 0. The maximum absolute atomic E-state index is 7.13. The van der Waals surface area contributed by atoms with Gasteiger partial charge in [-0.25, -0.2) is 10.5 Å². The van der Waals surface area contributed by atoms with E-state index in [9.17, 15) is 0 Å². The molecule has 73 valence electrons. The standard InChI is InChI=1S/2CHNS.Co.4H2N/c2*2-1-3;;;;;/h2*3H;;4*1H2/q;;;4*-1/p-2. The van der Waals surface area contributed by atoms with E-state index in [2.05, 4.69) is 25.3 Å². The second kappa shape index (κ2) is 241. The van der Waals surface area contributed by atoms with Gasteiger partial charge in [-0.1, -0.05) is 10.8 Å². The topological polar surface area (TPSA) is 182 Å². The van der Waals surface area contributed by atoms with Gasteiger partial charge in [0, 0.05) is 16.8 Å². The third kappa shape index (κ3) is 10800. The molecule has 0 aliphatic rings. The van der Waals surface area contributed by atoms with Crippen LogP contribution in [0.4, 0.5) is 0 Å². The summed E-state index contributed by atoms with van der Waals surface area (Å²) in [7, 11) is 0. The molecule has 6 nitrogen and oxygen atoms in total. The predicted molar refractivity (Wildman–Crippen MR) is 47.1 cm³/mol. The second-order valence-electron chi connectivity index (χ2n) is 0.183. The van der Waals surface area contributed by atoms with Crippen LogP contribution in [0.2, 0.25) is 0 Å². The maximum Gasteiger partial charge on any atom is 0 e. The van der Waals surface area contributed by atoms with Crippen LogP contribution in [-0.4, -0.2) is 0 Å². The summed E-state index contributed by atoms with van der Waals surface area (Å²) in [5.74, 6) is 0. The Morgan fingerprint density at radius 2 is 0.727 bits per heavy atom. The Balaban J connectivity index is -0.00000000400. The van der Waals surface area contributed by atoms with Crippen molar-refractivity contribution in [2.45, 2.75) is 0 Å². The summed E-state index contributed by atoms with van der Waals surface area (Å²) >= 11 is 7.40. The van der Waals surface area contributed by atoms with Crippen molar-refractivity contribution in [3.63, 3.8) is 0 Å². The summed E-state index contributed by atoms with van der Waals surface area (Å²) in [6.45, 7) is 0. The van der Waals surface area contributed by atoms with Crippen LogP contribution in [0, 0.1) is 21.3 Å². The van der Waals surface area contributed by atoms with Gasteiger partial charge in [-0.05, 0) is 0 Å². The van der Waals surface area contributed by atoms with Crippen molar-refractivity contribution in [2.75, 3.05) is 0 Å². The zero-order chi connectivity index (χ0) is 5.41. The molecule has 0 saturated carbocycles. The van der Waals surface area contributed by atoms with Crippen LogP contribution in [0.1, 0.15) is 0 Å². The fourth-order valence-corrected chi connectivity index (χ4v) is 0. The third-order valence-corrected chi connectivity index (χ3v) is 0. The average molecular weight is 239 g/mol. The Bertz CT molecular complexity index is 73.6. The molecule has 0 aromatic heterocycles. The fraction of sp³-hybridized carbons (Fsp3) is 0. The van der Waals surface area contributed by atoms with E-state index in [4.69, 9.17) is 10.5 Å². The van der Waals surface area contributed by atoms with Crippen LogP contribution in [0.5, 0.6) is 0 Å². The molecule has 0 amide bonds. The van der Waals surface area contributed by atoms with Gasteiger partial charge in [0.15, 0.2) is 0 Å². The van der Waals surface area contributed by atoms with Crippen LogP contribution >= 0.6 is 0 Å². The molecule has 0 rings (SSSR count). The van der Waals surface area contributed by atoms with Crippen LogP contribution in [0.25, 0.3) is 24.6 Å². The van der Waals surface area contributed by atoms with Crippen LogP contribution in [0.15, 0.2) is 0 Å². The van der Waals surface area contributed by atoms with Gasteiger partial charge >= 0.3 is 0 Å². The number of nitriles is 2. The van der Waals surface area contributed by atoms with E-state index in [-0.39, 0.29) is 41.4 Å². The van der Waals surface area contributed by atoms with Crippen molar-refractivity contribution in [3.05, 3.63) is 24.6 Å². The fourth-order valence-electron chi connectivity index (χ4n) is 0. The third-order valence-electron chi connectivity index (χ3n) is 0. The zero-order valence-corrected chi connectivity index (χ0v) is 8.03. The molecule has 0 bridgehead atoms. The van der Waals surface area contributed by atoms with E-state index in [0.717, 1.165) is 0 Å². The quantitative estimate of drug-likeness (QED) is 0.465. The van der Waals surface area contributed by atoms with E-state index < -0.39 is 0 Å². The summed E-state index contributed by atoms with van der Waals surface area (Å²) in [5, 5.41) is 16.9. The van der Waals surface area contributed by atoms with Crippen molar-refractivity contribution in [3.8, 4) is 10.8 Å². The van der Waals surface area contributed by atoms with Gasteiger partial charge in [-0.3, -0.25) is 0 Å². The normalized spacial score (nSPS) is 1.27. The van der Waals surface area contributed by atoms with Crippen molar-refractivity contribution in [2.24, 2.45) is 0 Å². The molecule has 0 aromatic rings. The first-order valence-corrected chi connectivity index (χ1v) is 1.67. The molecular formula is C2H8CoN6S2-6. The molecule has 8 N–H and O–H groups in total. The molecule has 0 aliphatic heterocycles. The van der Waals surface area contributed by atoms with E-state index in [1.165, 1.54) is 10.8 Å². The van der Waals surface area contributed by atoms with Gasteiger partial charge in [0.2, 0.25) is 0 Å². The minimum absolute atomic E-state index is 0. The molecule has 11 heavy (non-hydrogen) atoms. The predicted octanol–water partition coefficient (Wildman–Crippen LogP) is 2.89. The second-order valence-corrected chi connectivity index (χ2v) is 0.548. The van der Waals surface area contributed by atoms with E-state index in [1.807, 2.05) is 0 Å². The minimum Gasteiger partial charge on any atom is -0.696 e. The van der Waals surface area contributed by atoms with Gasteiger partial charge in [0.25, 0.3) is 0 Å². The molecule has 9 heteroatoms. The largest absolute Gasteiger partial charge is 0.696 e. The molecule has 0 atom stereocenters.